The fraction of sp³-hybridized carbons (Fsp3) is 0.0769. The van der Waals surface area contributed by atoms with Crippen molar-refractivity contribution in [3.8, 4) is 11.8 Å². The van der Waals surface area contributed by atoms with Gasteiger partial charge in [-0.1, -0.05) is 6.07 Å². The van der Waals surface area contributed by atoms with Gasteiger partial charge in [-0.3, -0.25) is 4.72 Å². The molecular formula is C13H11N3O3S. The van der Waals surface area contributed by atoms with Crippen LogP contribution in [0, 0.1) is 18.3 Å². The highest BCUT2D eigenvalue weighted by Gasteiger charge is 2.19. The maximum atomic E-state index is 12.3. The van der Waals surface area contributed by atoms with Crippen molar-refractivity contribution in [1.29, 1.82) is 5.26 Å². The Hall–Kier alpha value is -2.59. The summed E-state index contributed by atoms with van der Waals surface area (Å²) in [6.07, 6.45) is 1.36. The van der Waals surface area contributed by atoms with Crippen molar-refractivity contribution >= 4 is 15.8 Å². The fourth-order valence-electron chi connectivity index (χ4n) is 1.62. The third-order valence-corrected chi connectivity index (χ3v) is 4.11. The molecule has 20 heavy (non-hydrogen) atoms. The van der Waals surface area contributed by atoms with E-state index in [9.17, 15) is 13.5 Å². The van der Waals surface area contributed by atoms with Gasteiger partial charge in [-0.15, -0.1) is 0 Å². The second kappa shape index (κ2) is 5.19. The number of aromatic nitrogens is 1. The monoisotopic (exact) mass is 289 g/mol. The molecule has 2 rings (SSSR count). The molecule has 0 aliphatic heterocycles. The van der Waals surface area contributed by atoms with E-state index in [0.717, 1.165) is 0 Å². The molecule has 7 heteroatoms. The fourth-order valence-corrected chi connectivity index (χ4v) is 2.91. The summed E-state index contributed by atoms with van der Waals surface area (Å²) in [6, 6.07) is 9.05. The maximum absolute atomic E-state index is 12.3. The zero-order valence-electron chi connectivity index (χ0n) is 10.5. The predicted octanol–water partition coefficient (Wildman–Crippen LogP) is 1.77. The molecule has 0 amide bonds. The molecule has 1 aromatic carbocycles. The molecule has 1 heterocycles. The zero-order chi connectivity index (χ0) is 14.8. The van der Waals surface area contributed by atoms with E-state index >= 15 is 0 Å². The van der Waals surface area contributed by atoms with Crippen LogP contribution in [0.3, 0.4) is 0 Å². The van der Waals surface area contributed by atoms with Gasteiger partial charge in [-0.25, -0.2) is 13.4 Å². The van der Waals surface area contributed by atoms with Crippen LogP contribution < -0.4 is 4.72 Å². The molecule has 0 aliphatic carbocycles. The average molecular weight is 289 g/mol. The predicted molar refractivity (Wildman–Crippen MR) is 72.6 cm³/mol. The van der Waals surface area contributed by atoms with Crippen LogP contribution in [0.2, 0.25) is 0 Å². The largest absolute Gasteiger partial charge is 0.504 e. The van der Waals surface area contributed by atoms with Gasteiger partial charge in [0, 0.05) is 6.20 Å². The number of sulfonamides is 1. The van der Waals surface area contributed by atoms with Crippen molar-refractivity contribution < 1.29 is 13.5 Å². The minimum absolute atomic E-state index is 0.0263. The van der Waals surface area contributed by atoms with E-state index in [-0.39, 0.29) is 22.0 Å². The molecule has 0 radical (unpaired) electrons. The van der Waals surface area contributed by atoms with Gasteiger partial charge in [0.1, 0.15) is 0 Å². The lowest BCUT2D eigenvalue weighted by Crippen LogP contribution is -2.15. The first-order valence-corrected chi connectivity index (χ1v) is 7.10. The number of nitrogens with zero attached hydrogens (tertiary/aromatic N) is 2. The molecule has 0 aliphatic rings. The molecule has 6 nitrogen and oxygen atoms in total. The van der Waals surface area contributed by atoms with Crippen LogP contribution in [0.5, 0.6) is 5.75 Å². The van der Waals surface area contributed by atoms with Crippen LogP contribution in [-0.2, 0) is 10.0 Å². The summed E-state index contributed by atoms with van der Waals surface area (Å²) in [5, 5.41) is 18.4. The van der Waals surface area contributed by atoms with Gasteiger partial charge < -0.3 is 5.11 Å². The summed E-state index contributed by atoms with van der Waals surface area (Å²) in [7, 11) is -3.92. The number of hydrogen-bond donors (Lipinski definition) is 2. The van der Waals surface area contributed by atoms with E-state index < -0.39 is 10.0 Å². The van der Waals surface area contributed by atoms with Crippen molar-refractivity contribution in [3.05, 3.63) is 47.7 Å². The molecule has 0 fully saturated rings. The molecule has 0 saturated carbocycles. The van der Waals surface area contributed by atoms with E-state index in [4.69, 9.17) is 5.26 Å². The van der Waals surface area contributed by atoms with E-state index in [1.807, 2.05) is 6.07 Å². The van der Waals surface area contributed by atoms with Gasteiger partial charge in [0.05, 0.1) is 16.5 Å². The Labute approximate surface area is 116 Å². The molecule has 0 unspecified atom stereocenters. The van der Waals surface area contributed by atoms with Gasteiger partial charge in [0.25, 0.3) is 10.0 Å². The lowest BCUT2D eigenvalue weighted by atomic mass is 10.2. The highest BCUT2D eigenvalue weighted by atomic mass is 32.2. The number of benzene rings is 1. The number of nitrogens with one attached hydrogen (secondary N) is 1. The quantitative estimate of drug-likeness (QED) is 0.896. The Kier molecular flexibility index (Phi) is 3.59. The van der Waals surface area contributed by atoms with Crippen molar-refractivity contribution in [3.63, 3.8) is 0 Å². The number of rotatable bonds is 3. The van der Waals surface area contributed by atoms with E-state index in [1.165, 1.54) is 30.5 Å². The summed E-state index contributed by atoms with van der Waals surface area (Å²) in [4.78, 5) is 3.73. The Morgan fingerprint density at radius 2 is 2.10 bits per heavy atom. The topological polar surface area (TPSA) is 103 Å². The smallest absolute Gasteiger partial charge is 0.263 e. The van der Waals surface area contributed by atoms with Gasteiger partial charge in [0.2, 0.25) is 0 Å². The lowest BCUT2D eigenvalue weighted by Gasteiger charge is -2.10. The first-order valence-electron chi connectivity index (χ1n) is 5.61. The van der Waals surface area contributed by atoms with Crippen molar-refractivity contribution in [2.24, 2.45) is 0 Å². The lowest BCUT2D eigenvalue weighted by molar-refractivity contribution is 0.475. The maximum Gasteiger partial charge on any atom is 0.263 e. The first kappa shape index (κ1) is 13.8. The third kappa shape index (κ3) is 2.70. The Balaban J connectivity index is 2.47. The molecule has 2 N–H and O–H groups in total. The van der Waals surface area contributed by atoms with Crippen molar-refractivity contribution in [1.82, 2.24) is 4.98 Å². The standard InChI is InChI=1S/C13H11N3O3S/c1-9-4-5-10(8-14)7-12(9)20(18,19)16-13-11(17)3-2-6-15-13/h2-7,17H,1H3,(H,15,16). The Bertz CT molecular complexity index is 795. The highest BCUT2D eigenvalue weighted by molar-refractivity contribution is 7.92. The summed E-state index contributed by atoms with van der Waals surface area (Å²) < 4.78 is 26.7. The van der Waals surface area contributed by atoms with Crippen molar-refractivity contribution in [2.75, 3.05) is 4.72 Å². The number of nitriles is 1. The highest BCUT2D eigenvalue weighted by Crippen LogP contribution is 2.24. The van der Waals surface area contributed by atoms with Gasteiger partial charge in [-0.05, 0) is 36.8 Å². The molecule has 0 spiro atoms. The second-order valence-electron chi connectivity index (χ2n) is 4.07. The molecule has 2 aromatic rings. The van der Waals surface area contributed by atoms with E-state index in [1.54, 1.807) is 13.0 Å². The number of anilines is 1. The van der Waals surface area contributed by atoms with Crippen LogP contribution in [0.25, 0.3) is 0 Å². The number of aryl methyl sites for hydroxylation is 1. The third-order valence-electron chi connectivity index (χ3n) is 2.62. The number of pyridine rings is 1. The number of aromatic hydroxyl groups is 1. The zero-order valence-corrected chi connectivity index (χ0v) is 11.3. The van der Waals surface area contributed by atoms with Crippen molar-refractivity contribution in [2.45, 2.75) is 11.8 Å². The summed E-state index contributed by atoms with van der Waals surface area (Å²) in [5.41, 5.74) is 0.730. The van der Waals surface area contributed by atoms with Crippen LogP contribution in [0.15, 0.2) is 41.4 Å². The summed E-state index contributed by atoms with van der Waals surface area (Å²) in [5.74, 6) is -0.431. The molecule has 0 saturated heterocycles. The Morgan fingerprint density at radius 1 is 1.35 bits per heavy atom. The van der Waals surface area contributed by atoms with Crippen LogP contribution in [0.4, 0.5) is 5.82 Å². The summed E-state index contributed by atoms with van der Waals surface area (Å²) in [6.45, 7) is 1.62. The van der Waals surface area contributed by atoms with Gasteiger partial charge in [0.15, 0.2) is 11.6 Å². The summed E-state index contributed by atoms with van der Waals surface area (Å²) >= 11 is 0. The van der Waals surface area contributed by atoms with Crippen LogP contribution >= 0.6 is 0 Å². The molecule has 1 aromatic heterocycles. The second-order valence-corrected chi connectivity index (χ2v) is 5.72. The molecular weight excluding hydrogens is 278 g/mol. The van der Waals surface area contributed by atoms with Crippen LogP contribution in [-0.4, -0.2) is 18.5 Å². The van der Waals surface area contributed by atoms with Gasteiger partial charge >= 0.3 is 0 Å². The van der Waals surface area contributed by atoms with E-state index in [0.29, 0.717) is 5.56 Å². The Morgan fingerprint density at radius 3 is 2.75 bits per heavy atom. The normalized spacial score (nSPS) is 10.8. The minimum Gasteiger partial charge on any atom is -0.504 e. The van der Waals surface area contributed by atoms with Gasteiger partial charge in [-0.2, -0.15) is 5.26 Å². The molecule has 0 atom stereocenters. The SMILES string of the molecule is Cc1ccc(C#N)cc1S(=O)(=O)Nc1ncccc1O. The van der Waals surface area contributed by atoms with E-state index in [2.05, 4.69) is 9.71 Å². The van der Waals surface area contributed by atoms with Crippen LogP contribution in [0.1, 0.15) is 11.1 Å². The minimum atomic E-state index is -3.92. The molecule has 102 valence electrons. The first-order chi connectivity index (χ1) is 9.44. The number of hydrogen-bond acceptors (Lipinski definition) is 5. The average Bonchev–Trinajstić information content (AvgIpc) is 2.41. The molecule has 0 bridgehead atoms.